The number of aliphatic carboxylic acids is 2. The van der Waals surface area contributed by atoms with Gasteiger partial charge in [-0.05, 0) is 86.6 Å². The smallest absolute Gasteiger partial charge is 0.328 e. The van der Waals surface area contributed by atoms with Gasteiger partial charge in [0.1, 0.15) is 11.6 Å². The van der Waals surface area contributed by atoms with E-state index in [0.29, 0.717) is 73.7 Å². The number of piperidine rings is 1. The highest BCUT2D eigenvalue weighted by Gasteiger charge is 2.27. The normalized spacial score (nSPS) is 13.4. The van der Waals surface area contributed by atoms with Crippen LogP contribution in [-0.2, 0) is 14.4 Å². The first-order valence-corrected chi connectivity index (χ1v) is 14.1. The molecule has 1 aliphatic rings. The lowest BCUT2D eigenvalue weighted by molar-refractivity contribution is -0.134. The van der Waals surface area contributed by atoms with Crippen molar-refractivity contribution in [3.63, 3.8) is 0 Å². The van der Waals surface area contributed by atoms with Crippen molar-refractivity contribution >= 4 is 40.9 Å². The van der Waals surface area contributed by atoms with Gasteiger partial charge in [0.2, 0.25) is 5.91 Å². The molecule has 0 atom stereocenters. The van der Waals surface area contributed by atoms with Crippen LogP contribution in [0.2, 0.25) is 0 Å². The molecule has 45 heavy (non-hydrogen) atoms. The van der Waals surface area contributed by atoms with Crippen molar-refractivity contribution in [2.45, 2.75) is 19.8 Å². The molecule has 1 aliphatic heterocycles. The minimum absolute atomic E-state index is 0.0407. The monoisotopic (exact) mass is 619 g/mol. The maximum Gasteiger partial charge on any atom is 0.328 e. The number of carbonyl (C=O) groups excluding carboxylic acids is 3. The number of phenolic OH excluding ortho intramolecular Hbond substituents is 1. The van der Waals surface area contributed by atoms with Gasteiger partial charge in [-0.1, -0.05) is 6.07 Å². The van der Waals surface area contributed by atoms with Crippen molar-refractivity contribution in [2.75, 3.05) is 36.4 Å². The minimum atomic E-state index is -1.26. The molecule has 1 saturated heterocycles. The number of hydrogen-bond acceptors (Lipinski definition) is 7. The maximum absolute atomic E-state index is 13.5. The van der Waals surface area contributed by atoms with Crippen LogP contribution < -0.4 is 10.2 Å². The van der Waals surface area contributed by atoms with Crippen molar-refractivity contribution in [3.8, 4) is 5.75 Å². The molecular formula is C33H34FN3O8. The molecule has 4 rings (SSSR count). The Kier molecular flexibility index (Phi) is 12.5. The Morgan fingerprint density at radius 1 is 0.889 bits per heavy atom. The number of rotatable bonds is 10. The van der Waals surface area contributed by atoms with Gasteiger partial charge < -0.3 is 30.4 Å². The quantitative estimate of drug-likeness (QED) is 0.190. The zero-order valence-electron chi connectivity index (χ0n) is 24.6. The summed E-state index contributed by atoms with van der Waals surface area (Å²) in [4.78, 5) is 60.5. The fourth-order valence-electron chi connectivity index (χ4n) is 4.72. The number of anilines is 2. The second-order valence-electron chi connectivity index (χ2n) is 10.2. The lowest BCUT2D eigenvalue weighted by Gasteiger charge is -2.33. The molecule has 0 unspecified atom stereocenters. The lowest BCUT2D eigenvalue weighted by Crippen LogP contribution is -2.42. The second-order valence-corrected chi connectivity index (χ2v) is 10.2. The molecule has 4 N–H and O–H groups in total. The molecule has 0 spiro atoms. The van der Waals surface area contributed by atoms with Crippen molar-refractivity contribution in [1.82, 2.24) is 4.90 Å². The molecule has 0 saturated carbocycles. The SMILES string of the molecule is CC(=O)Nc1ccc(C(=O)N(CCN2CCC(C(=O)c3ccc(F)cc3)CC2)c2cccc(O)c2)cc1.O=C(O)/C=C/C(=O)O. The molecule has 236 valence electrons. The summed E-state index contributed by atoms with van der Waals surface area (Å²) >= 11 is 0. The lowest BCUT2D eigenvalue weighted by atomic mass is 9.89. The van der Waals surface area contributed by atoms with Gasteiger partial charge in [0.05, 0.1) is 0 Å². The van der Waals surface area contributed by atoms with Crippen LogP contribution >= 0.6 is 0 Å². The highest BCUT2D eigenvalue weighted by Crippen LogP contribution is 2.25. The van der Waals surface area contributed by atoms with E-state index in [-0.39, 0.29) is 35.1 Å². The molecule has 1 heterocycles. The Morgan fingerprint density at radius 3 is 2.00 bits per heavy atom. The average Bonchev–Trinajstić information content (AvgIpc) is 3.01. The Hall–Kier alpha value is -5.36. The van der Waals surface area contributed by atoms with Crippen LogP contribution in [0, 0.1) is 11.7 Å². The molecule has 1 fully saturated rings. The van der Waals surface area contributed by atoms with E-state index in [0.717, 1.165) is 0 Å². The molecule has 0 bridgehead atoms. The number of halogens is 1. The van der Waals surface area contributed by atoms with Gasteiger partial charge >= 0.3 is 11.9 Å². The zero-order valence-corrected chi connectivity index (χ0v) is 24.6. The number of carboxylic acid groups (broad SMARTS) is 2. The second kappa shape index (κ2) is 16.5. The molecule has 0 radical (unpaired) electrons. The van der Waals surface area contributed by atoms with Crippen molar-refractivity contribution in [3.05, 3.63) is 102 Å². The van der Waals surface area contributed by atoms with Crippen LogP contribution in [0.4, 0.5) is 15.8 Å². The van der Waals surface area contributed by atoms with Gasteiger partial charge in [0.25, 0.3) is 5.91 Å². The van der Waals surface area contributed by atoms with Crippen LogP contribution in [0.15, 0.2) is 84.9 Å². The van der Waals surface area contributed by atoms with Crippen LogP contribution in [-0.4, -0.2) is 75.9 Å². The highest BCUT2D eigenvalue weighted by atomic mass is 19.1. The summed E-state index contributed by atoms with van der Waals surface area (Å²) in [5, 5.41) is 28.3. The van der Waals surface area contributed by atoms with Gasteiger partial charge in [0, 0.05) is 66.7 Å². The van der Waals surface area contributed by atoms with E-state index in [4.69, 9.17) is 10.2 Å². The predicted molar refractivity (Wildman–Crippen MR) is 165 cm³/mol. The molecule has 12 heteroatoms. The summed E-state index contributed by atoms with van der Waals surface area (Å²) in [7, 11) is 0. The van der Waals surface area contributed by atoms with E-state index >= 15 is 0 Å². The highest BCUT2D eigenvalue weighted by molar-refractivity contribution is 6.06. The third-order valence-corrected chi connectivity index (χ3v) is 6.93. The molecular weight excluding hydrogens is 585 g/mol. The third kappa shape index (κ3) is 11.0. The maximum atomic E-state index is 13.5. The summed E-state index contributed by atoms with van der Waals surface area (Å²) in [6.45, 7) is 3.84. The van der Waals surface area contributed by atoms with Crippen LogP contribution in [0.3, 0.4) is 0 Å². The van der Waals surface area contributed by atoms with Gasteiger partial charge in [0.15, 0.2) is 5.78 Å². The van der Waals surface area contributed by atoms with E-state index in [1.54, 1.807) is 53.4 Å². The number of amides is 2. The number of Topliss-reactive ketones (excluding diaryl/α,β-unsaturated/α-hetero) is 1. The molecule has 11 nitrogen and oxygen atoms in total. The van der Waals surface area contributed by atoms with E-state index in [1.165, 1.54) is 31.2 Å². The van der Waals surface area contributed by atoms with Crippen LogP contribution in [0.5, 0.6) is 5.75 Å². The van der Waals surface area contributed by atoms with Gasteiger partial charge in [-0.3, -0.25) is 14.4 Å². The van der Waals surface area contributed by atoms with Gasteiger partial charge in [-0.15, -0.1) is 0 Å². The van der Waals surface area contributed by atoms with Crippen molar-refractivity contribution in [1.29, 1.82) is 0 Å². The Balaban J connectivity index is 0.000000610. The number of carbonyl (C=O) groups is 5. The van der Waals surface area contributed by atoms with Crippen LogP contribution in [0.25, 0.3) is 0 Å². The molecule has 0 aromatic heterocycles. The number of ketones is 1. The average molecular weight is 620 g/mol. The number of carboxylic acids is 2. The summed E-state index contributed by atoms with van der Waals surface area (Å²) in [6, 6.07) is 18.9. The fourth-order valence-corrected chi connectivity index (χ4v) is 4.72. The Morgan fingerprint density at radius 2 is 1.47 bits per heavy atom. The van der Waals surface area contributed by atoms with E-state index in [2.05, 4.69) is 10.2 Å². The zero-order chi connectivity index (χ0) is 32.9. The number of hydrogen-bond donors (Lipinski definition) is 4. The van der Waals surface area contributed by atoms with E-state index < -0.39 is 11.9 Å². The molecule has 2 amide bonds. The molecule has 3 aromatic carbocycles. The Labute approximate surface area is 259 Å². The summed E-state index contributed by atoms with van der Waals surface area (Å²) in [5.74, 6) is -3.28. The molecule has 3 aromatic rings. The first kappa shape index (κ1) is 34.1. The van der Waals surface area contributed by atoms with Crippen molar-refractivity contribution < 1.29 is 43.7 Å². The van der Waals surface area contributed by atoms with Gasteiger partial charge in [-0.2, -0.15) is 0 Å². The number of aromatic hydroxyl groups is 1. The number of nitrogens with zero attached hydrogens (tertiary/aromatic N) is 2. The topological polar surface area (TPSA) is 165 Å². The van der Waals surface area contributed by atoms with E-state index in [9.17, 15) is 33.5 Å². The minimum Gasteiger partial charge on any atom is -0.508 e. The standard InChI is InChI=1S/C29H30FN3O4.C4H4O4/c1-20(34)31-25-11-7-23(8-12-25)29(37)33(26-3-2-4-27(35)19-26)18-17-32-15-13-22(14-16-32)28(36)21-5-9-24(30)10-6-21;5-3(6)1-2-4(7)8/h2-12,19,22,35H,13-18H2,1H3,(H,31,34);1-2H,(H,5,6)(H,7,8)/b;2-1+. The molecule has 0 aliphatic carbocycles. The predicted octanol–water partition coefficient (Wildman–Crippen LogP) is 4.44. The Bertz CT molecular complexity index is 1520. The number of benzene rings is 3. The van der Waals surface area contributed by atoms with Crippen molar-refractivity contribution in [2.24, 2.45) is 5.92 Å². The first-order valence-electron chi connectivity index (χ1n) is 14.1. The first-order chi connectivity index (χ1) is 21.4. The van der Waals surface area contributed by atoms with Gasteiger partial charge in [-0.25, -0.2) is 14.0 Å². The number of nitrogens with one attached hydrogen (secondary N) is 1. The van der Waals surface area contributed by atoms with E-state index in [1.807, 2.05) is 0 Å². The van der Waals surface area contributed by atoms with Crippen LogP contribution in [0.1, 0.15) is 40.5 Å². The number of likely N-dealkylation sites (tertiary alicyclic amines) is 1. The summed E-state index contributed by atoms with van der Waals surface area (Å²) in [5.41, 5.74) is 2.18. The summed E-state index contributed by atoms with van der Waals surface area (Å²) < 4.78 is 13.2. The largest absolute Gasteiger partial charge is 0.508 e. The third-order valence-electron chi connectivity index (χ3n) is 6.93. The summed E-state index contributed by atoms with van der Waals surface area (Å²) in [6.07, 6.45) is 2.51. The number of phenols is 1. The fraction of sp³-hybridized carbons (Fsp3) is 0.242.